The zero-order chi connectivity index (χ0) is 20.1. The standard InChI is InChI=1S/C21H22N2O5/c1-14-3-5-15(6-4-14)12-23-17-11-16(7-8-18(17)28-13-20(23)25)22-19(24)9-10-21(26)27-2/h3-8,11H,9-10,12-13H2,1-2H3,(H,22,24). The van der Waals surface area contributed by atoms with Crippen LogP contribution in [0.15, 0.2) is 42.5 Å². The van der Waals surface area contributed by atoms with E-state index in [-0.39, 0.29) is 31.3 Å². The normalized spacial score (nSPS) is 12.8. The van der Waals surface area contributed by atoms with Crippen molar-refractivity contribution >= 4 is 29.2 Å². The number of amides is 2. The third-order valence-corrected chi connectivity index (χ3v) is 4.43. The Morgan fingerprint density at radius 2 is 1.89 bits per heavy atom. The van der Waals surface area contributed by atoms with Crippen molar-refractivity contribution in [1.29, 1.82) is 0 Å². The minimum absolute atomic E-state index is 0.00835. The number of fused-ring (bicyclic) bond motifs is 1. The van der Waals surface area contributed by atoms with Crippen LogP contribution in [0, 0.1) is 6.92 Å². The summed E-state index contributed by atoms with van der Waals surface area (Å²) in [7, 11) is 1.28. The summed E-state index contributed by atoms with van der Waals surface area (Å²) < 4.78 is 10.0. The summed E-state index contributed by atoms with van der Waals surface area (Å²) in [6, 6.07) is 13.1. The fraction of sp³-hybridized carbons (Fsp3) is 0.286. The van der Waals surface area contributed by atoms with Crippen LogP contribution in [0.2, 0.25) is 0 Å². The molecule has 0 aliphatic carbocycles. The van der Waals surface area contributed by atoms with E-state index in [1.54, 1.807) is 23.1 Å². The van der Waals surface area contributed by atoms with Gasteiger partial charge in [-0.05, 0) is 30.7 Å². The average Bonchev–Trinajstić information content (AvgIpc) is 2.70. The minimum atomic E-state index is -0.441. The molecule has 0 aromatic heterocycles. The minimum Gasteiger partial charge on any atom is -0.482 e. The molecule has 7 nitrogen and oxygen atoms in total. The first kappa shape index (κ1) is 19.4. The Kier molecular flexibility index (Phi) is 5.93. The highest BCUT2D eigenvalue weighted by molar-refractivity contribution is 5.99. The van der Waals surface area contributed by atoms with Crippen LogP contribution in [0.4, 0.5) is 11.4 Å². The molecule has 1 N–H and O–H groups in total. The molecule has 0 spiro atoms. The van der Waals surface area contributed by atoms with Crippen LogP contribution in [0.5, 0.6) is 5.75 Å². The lowest BCUT2D eigenvalue weighted by molar-refractivity contribution is -0.141. The highest BCUT2D eigenvalue weighted by Gasteiger charge is 2.26. The second-order valence-corrected chi connectivity index (χ2v) is 6.56. The molecule has 2 aromatic rings. The van der Waals surface area contributed by atoms with Crippen LogP contribution in [0.1, 0.15) is 24.0 Å². The molecule has 2 aromatic carbocycles. The van der Waals surface area contributed by atoms with Crippen LogP contribution in [-0.2, 0) is 25.7 Å². The number of methoxy groups -OCH3 is 1. The van der Waals surface area contributed by atoms with E-state index in [1.165, 1.54) is 7.11 Å². The fourth-order valence-electron chi connectivity index (χ4n) is 2.87. The van der Waals surface area contributed by atoms with Crippen LogP contribution < -0.4 is 15.0 Å². The van der Waals surface area contributed by atoms with Gasteiger partial charge in [0.25, 0.3) is 5.91 Å². The van der Waals surface area contributed by atoms with Gasteiger partial charge in [-0.25, -0.2) is 0 Å². The lowest BCUT2D eigenvalue weighted by atomic mass is 10.1. The highest BCUT2D eigenvalue weighted by atomic mass is 16.5. The topological polar surface area (TPSA) is 84.9 Å². The molecule has 0 radical (unpaired) electrons. The van der Waals surface area contributed by atoms with E-state index in [9.17, 15) is 14.4 Å². The number of nitrogens with zero attached hydrogens (tertiary/aromatic N) is 1. The fourth-order valence-corrected chi connectivity index (χ4v) is 2.87. The van der Waals surface area contributed by atoms with Crippen molar-refractivity contribution in [1.82, 2.24) is 0 Å². The number of hydrogen-bond donors (Lipinski definition) is 1. The third-order valence-electron chi connectivity index (χ3n) is 4.43. The predicted octanol–water partition coefficient (Wildman–Crippen LogP) is 2.81. The number of esters is 1. The van der Waals surface area contributed by atoms with Crippen molar-refractivity contribution in [2.75, 3.05) is 23.9 Å². The summed E-state index contributed by atoms with van der Waals surface area (Å²) in [5, 5.41) is 2.74. The molecule has 0 unspecified atom stereocenters. The molecule has 146 valence electrons. The number of rotatable bonds is 6. The second kappa shape index (κ2) is 8.56. The average molecular weight is 382 g/mol. The van der Waals surface area contributed by atoms with Gasteiger partial charge in [0.2, 0.25) is 5.91 Å². The Labute approximate surface area is 163 Å². The van der Waals surface area contributed by atoms with Gasteiger partial charge in [-0.3, -0.25) is 14.4 Å². The molecule has 0 bridgehead atoms. The molecule has 1 heterocycles. The maximum absolute atomic E-state index is 12.4. The Morgan fingerprint density at radius 1 is 1.14 bits per heavy atom. The first-order chi connectivity index (χ1) is 13.5. The van der Waals surface area contributed by atoms with Crippen LogP contribution >= 0.6 is 0 Å². The van der Waals surface area contributed by atoms with Crippen LogP contribution in [0.3, 0.4) is 0 Å². The van der Waals surface area contributed by atoms with Gasteiger partial charge >= 0.3 is 5.97 Å². The lowest BCUT2D eigenvalue weighted by Gasteiger charge is -2.30. The molecular weight excluding hydrogens is 360 g/mol. The number of ether oxygens (including phenoxy) is 2. The van der Waals surface area contributed by atoms with Crippen molar-refractivity contribution in [2.45, 2.75) is 26.3 Å². The number of carbonyl (C=O) groups is 3. The number of nitrogens with one attached hydrogen (secondary N) is 1. The van der Waals surface area contributed by atoms with Gasteiger partial charge in [-0.2, -0.15) is 0 Å². The smallest absolute Gasteiger partial charge is 0.306 e. The van der Waals surface area contributed by atoms with Crippen LogP contribution in [-0.4, -0.2) is 31.5 Å². The van der Waals surface area contributed by atoms with Crippen molar-refractivity contribution in [2.24, 2.45) is 0 Å². The summed E-state index contributed by atoms with van der Waals surface area (Å²) >= 11 is 0. The van der Waals surface area contributed by atoms with Gasteiger partial charge in [-0.15, -0.1) is 0 Å². The molecule has 7 heteroatoms. The number of benzene rings is 2. The van der Waals surface area contributed by atoms with Gasteiger partial charge in [0.1, 0.15) is 5.75 Å². The molecule has 2 amide bonds. The molecular formula is C21H22N2O5. The van der Waals surface area contributed by atoms with Gasteiger partial charge in [-0.1, -0.05) is 29.8 Å². The quantitative estimate of drug-likeness (QED) is 0.777. The zero-order valence-corrected chi connectivity index (χ0v) is 15.9. The molecule has 0 fully saturated rings. The Bertz CT molecular complexity index is 892. The molecule has 1 aliphatic rings. The Balaban J connectivity index is 1.76. The van der Waals surface area contributed by atoms with E-state index in [2.05, 4.69) is 10.1 Å². The second-order valence-electron chi connectivity index (χ2n) is 6.56. The first-order valence-electron chi connectivity index (χ1n) is 8.95. The van der Waals surface area contributed by atoms with Gasteiger partial charge in [0.15, 0.2) is 6.61 Å². The summed E-state index contributed by atoms with van der Waals surface area (Å²) in [6.45, 7) is 2.40. The number of anilines is 2. The molecule has 0 atom stereocenters. The summed E-state index contributed by atoms with van der Waals surface area (Å²) in [5.41, 5.74) is 3.28. The number of hydrogen-bond acceptors (Lipinski definition) is 5. The lowest BCUT2D eigenvalue weighted by Crippen LogP contribution is -2.38. The van der Waals surface area contributed by atoms with Crippen molar-refractivity contribution in [3.8, 4) is 5.75 Å². The van der Waals surface area contributed by atoms with E-state index >= 15 is 0 Å². The first-order valence-corrected chi connectivity index (χ1v) is 8.95. The zero-order valence-electron chi connectivity index (χ0n) is 15.9. The summed E-state index contributed by atoms with van der Waals surface area (Å²) in [6.07, 6.45) is 0.0285. The summed E-state index contributed by atoms with van der Waals surface area (Å²) in [4.78, 5) is 37.3. The molecule has 0 saturated heterocycles. The van der Waals surface area contributed by atoms with E-state index in [4.69, 9.17) is 4.74 Å². The number of aryl methyl sites for hydroxylation is 1. The van der Waals surface area contributed by atoms with Crippen molar-refractivity contribution in [3.63, 3.8) is 0 Å². The molecule has 28 heavy (non-hydrogen) atoms. The SMILES string of the molecule is COC(=O)CCC(=O)Nc1ccc2c(c1)N(Cc1ccc(C)cc1)C(=O)CO2. The number of carbonyl (C=O) groups excluding carboxylic acids is 3. The van der Waals surface area contributed by atoms with Gasteiger partial charge < -0.3 is 19.7 Å². The highest BCUT2D eigenvalue weighted by Crippen LogP contribution is 2.35. The van der Waals surface area contributed by atoms with Gasteiger partial charge in [0, 0.05) is 12.1 Å². The van der Waals surface area contributed by atoms with E-state index in [1.807, 2.05) is 31.2 Å². The van der Waals surface area contributed by atoms with Crippen LogP contribution in [0.25, 0.3) is 0 Å². The Morgan fingerprint density at radius 3 is 2.61 bits per heavy atom. The third kappa shape index (κ3) is 4.68. The summed E-state index contributed by atoms with van der Waals surface area (Å²) in [5.74, 6) is -0.316. The maximum Gasteiger partial charge on any atom is 0.306 e. The molecule has 3 rings (SSSR count). The monoisotopic (exact) mass is 382 g/mol. The Hall–Kier alpha value is -3.35. The van der Waals surface area contributed by atoms with Crippen molar-refractivity contribution in [3.05, 3.63) is 53.6 Å². The van der Waals surface area contributed by atoms with E-state index < -0.39 is 5.97 Å². The van der Waals surface area contributed by atoms with E-state index in [0.29, 0.717) is 23.7 Å². The predicted molar refractivity (Wildman–Crippen MR) is 104 cm³/mol. The molecule has 1 aliphatic heterocycles. The van der Waals surface area contributed by atoms with Crippen molar-refractivity contribution < 1.29 is 23.9 Å². The maximum atomic E-state index is 12.4. The van der Waals surface area contributed by atoms with Gasteiger partial charge in [0.05, 0.1) is 25.8 Å². The van der Waals surface area contributed by atoms with E-state index in [0.717, 1.165) is 11.1 Å². The molecule has 0 saturated carbocycles. The largest absolute Gasteiger partial charge is 0.482 e.